The van der Waals surface area contributed by atoms with E-state index in [1.54, 1.807) is 23.0 Å². The lowest BCUT2D eigenvalue weighted by atomic mass is 9.95. The van der Waals surface area contributed by atoms with Crippen molar-refractivity contribution in [1.29, 1.82) is 0 Å². The van der Waals surface area contributed by atoms with Crippen LogP contribution in [0.5, 0.6) is 0 Å². The molecule has 0 unspecified atom stereocenters. The highest BCUT2D eigenvalue weighted by molar-refractivity contribution is 5.39. The smallest absolute Gasteiger partial charge is 0.147 e. The number of benzene rings is 1. The molecule has 0 aliphatic rings. The molecule has 3 nitrogen and oxygen atoms in total. The third-order valence-electron chi connectivity index (χ3n) is 2.78. The van der Waals surface area contributed by atoms with Gasteiger partial charge in [-0.15, -0.1) is 0 Å². The predicted octanol–water partition coefficient (Wildman–Crippen LogP) is 2.51. The number of hydrogen-bond acceptors (Lipinski definition) is 2. The lowest BCUT2D eigenvalue weighted by Crippen LogP contribution is -2.28. The van der Waals surface area contributed by atoms with E-state index in [-0.39, 0.29) is 5.82 Å². The van der Waals surface area contributed by atoms with Crippen molar-refractivity contribution < 1.29 is 4.39 Å². The molecule has 90 valence electrons. The fraction of sp³-hybridized carbons (Fsp3) is 0.308. The van der Waals surface area contributed by atoms with Crippen LogP contribution in [0.3, 0.4) is 0 Å². The van der Waals surface area contributed by atoms with Crippen LogP contribution in [0.1, 0.15) is 25.2 Å². The van der Waals surface area contributed by atoms with Gasteiger partial charge in [0.05, 0.1) is 5.69 Å². The Morgan fingerprint density at radius 2 is 2.06 bits per heavy atom. The number of imidazole rings is 1. The minimum Gasteiger partial charge on any atom is -0.322 e. The van der Waals surface area contributed by atoms with Gasteiger partial charge in [0, 0.05) is 17.9 Å². The second-order valence-electron chi connectivity index (χ2n) is 4.73. The SMILES string of the molecule is Cc1nccn1-c1ccc(C(C)(C)N)cc1F. The van der Waals surface area contributed by atoms with Gasteiger partial charge in [0.15, 0.2) is 0 Å². The van der Waals surface area contributed by atoms with Crippen LogP contribution in [-0.2, 0) is 5.54 Å². The van der Waals surface area contributed by atoms with Gasteiger partial charge in [0.25, 0.3) is 0 Å². The van der Waals surface area contributed by atoms with Gasteiger partial charge in [-0.3, -0.25) is 0 Å². The molecule has 0 fully saturated rings. The molecule has 0 radical (unpaired) electrons. The highest BCUT2D eigenvalue weighted by Crippen LogP contribution is 2.22. The van der Waals surface area contributed by atoms with E-state index in [1.165, 1.54) is 6.07 Å². The van der Waals surface area contributed by atoms with Crippen molar-refractivity contribution in [2.45, 2.75) is 26.3 Å². The van der Waals surface area contributed by atoms with Crippen LogP contribution < -0.4 is 5.73 Å². The zero-order valence-corrected chi connectivity index (χ0v) is 10.2. The molecule has 0 saturated carbocycles. The quantitative estimate of drug-likeness (QED) is 0.866. The van der Waals surface area contributed by atoms with E-state index in [9.17, 15) is 4.39 Å². The molecule has 2 aromatic rings. The zero-order chi connectivity index (χ0) is 12.6. The standard InChI is InChI=1S/C13H16FN3/c1-9-16-6-7-17(9)12-5-4-10(8-11(12)14)13(2,3)15/h4-8H,15H2,1-3H3. The van der Waals surface area contributed by atoms with E-state index in [1.807, 2.05) is 26.8 Å². The molecule has 2 N–H and O–H groups in total. The van der Waals surface area contributed by atoms with E-state index >= 15 is 0 Å². The average Bonchev–Trinajstić information content (AvgIpc) is 2.63. The van der Waals surface area contributed by atoms with Crippen molar-refractivity contribution in [3.05, 3.63) is 47.8 Å². The van der Waals surface area contributed by atoms with Crippen molar-refractivity contribution in [3.8, 4) is 5.69 Å². The molecule has 0 spiro atoms. The lowest BCUT2D eigenvalue weighted by molar-refractivity contribution is 0.542. The molecule has 17 heavy (non-hydrogen) atoms. The van der Waals surface area contributed by atoms with Gasteiger partial charge in [0.1, 0.15) is 11.6 Å². The van der Waals surface area contributed by atoms with Gasteiger partial charge in [0.2, 0.25) is 0 Å². The van der Waals surface area contributed by atoms with E-state index in [2.05, 4.69) is 4.98 Å². The van der Waals surface area contributed by atoms with E-state index < -0.39 is 5.54 Å². The van der Waals surface area contributed by atoms with Gasteiger partial charge in [-0.1, -0.05) is 6.07 Å². The molecule has 1 aromatic heterocycles. The molecule has 4 heteroatoms. The van der Waals surface area contributed by atoms with Crippen LogP contribution >= 0.6 is 0 Å². The summed E-state index contributed by atoms with van der Waals surface area (Å²) < 4.78 is 15.7. The maximum absolute atomic E-state index is 14.0. The Hall–Kier alpha value is -1.68. The summed E-state index contributed by atoms with van der Waals surface area (Å²) in [6.45, 7) is 5.54. The molecule has 2 rings (SSSR count). The summed E-state index contributed by atoms with van der Waals surface area (Å²) in [7, 11) is 0. The maximum Gasteiger partial charge on any atom is 0.147 e. The summed E-state index contributed by atoms with van der Waals surface area (Å²) in [6.07, 6.45) is 3.39. The number of nitrogens with zero attached hydrogens (tertiary/aromatic N) is 2. The number of hydrogen-bond donors (Lipinski definition) is 1. The van der Waals surface area contributed by atoms with Gasteiger partial charge in [-0.2, -0.15) is 0 Å². The molecule has 0 aliphatic heterocycles. The molecule has 0 bridgehead atoms. The van der Waals surface area contributed by atoms with E-state index in [4.69, 9.17) is 5.73 Å². The van der Waals surface area contributed by atoms with Crippen LogP contribution in [0.2, 0.25) is 0 Å². The Balaban J connectivity index is 2.50. The summed E-state index contributed by atoms with van der Waals surface area (Å²) in [5.41, 5.74) is 6.67. The average molecular weight is 233 g/mol. The second-order valence-corrected chi connectivity index (χ2v) is 4.73. The first kappa shape index (κ1) is 11.8. The van der Waals surface area contributed by atoms with Crippen molar-refractivity contribution in [2.75, 3.05) is 0 Å². The first-order valence-corrected chi connectivity index (χ1v) is 5.49. The van der Waals surface area contributed by atoms with Crippen LogP contribution in [0.25, 0.3) is 5.69 Å². The first-order chi connectivity index (χ1) is 7.89. The predicted molar refractivity (Wildman–Crippen MR) is 65.5 cm³/mol. The minimum absolute atomic E-state index is 0.290. The van der Waals surface area contributed by atoms with Crippen LogP contribution in [0, 0.1) is 12.7 Å². The molecule has 0 saturated heterocycles. The van der Waals surface area contributed by atoms with Crippen LogP contribution in [0.15, 0.2) is 30.6 Å². The number of aromatic nitrogens is 2. The Morgan fingerprint density at radius 3 is 2.53 bits per heavy atom. The topological polar surface area (TPSA) is 43.8 Å². The van der Waals surface area contributed by atoms with Gasteiger partial charge in [-0.25, -0.2) is 9.37 Å². The highest BCUT2D eigenvalue weighted by atomic mass is 19.1. The monoisotopic (exact) mass is 233 g/mol. The van der Waals surface area contributed by atoms with Gasteiger partial charge in [-0.05, 0) is 38.5 Å². The molecule has 1 heterocycles. The molecular weight excluding hydrogens is 217 g/mol. The third-order valence-corrected chi connectivity index (χ3v) is 2.78. The summed E-state index contributed by atoms with van der Waals surface area (Å²) in [6, 6.07) is 5.06. The zero-order valence-electron chi connectivity index (χ0n) is 10.2. The van der Waals surface area contributed by atoms with Crippen LogP contribution in [0.4, 0.5) is 4.39 Å². The van der Waals surface area contributed by atoms with Crippen molar-refractivity contribution in [2.24, 2.45) is 5.73 Å². The second kappa shape index (κ2) is 3.96. The highest BCUT2D eigenvalue weighted by Gasteiger charge is 2.16. The van der Waals surface area contributed by atoms with Crippen molar-refractivity contribution in [3.63, 3.8) is 0 Å². The normalized spacial score (nSPS) is 11.8. The van der Waals surface area contributed by atoms with E-state index in [0.717, 1.165) is 11.4 Å². The van der Waals surface area contributed by atoms with Gasteiger partial charge >= 0.3 is 0 Å². The molecule has 0 amide bonds. The van der Waals surface area contributed by atoms with Crippen molar-refractivity contribution >= 4 is 0 Å². The summed E-state index contributed by atoms with van der Waals surface area (Å²) in [5.74, 6) is 0.464. The Bertz CT molecular complexity index is 538. The fourth-order valence-electron chi connectivity index (χ4n) is 1.74. The molecule has 0 aliphatic carbocycles. The van der Waals surface area contributed by atoms with Crippen LogP contribution in [-0.4, -0.2) is 9.55 Å². The van der Waals surface area contributed by atoms with E-state index in [0.29, 0.717) is 5.69 Å². The van der Waals surface area contributed by atoms with Crippen molar-refractivity contribution in [1.82, 2.24) is 9.55 Å². The third kappa shape index (κ3) is 2.22. The largest absolute Gasteiger partial charge is 0.322 e. The fourth-order valence-corrected chi connectivity index (χ4v) is 1.74. The number of rotatable bonds is 2. The Morgan fingerprint density at radius 1 is 1.35 bits per heavy atom. The summed E-state index contributed by atoms with van der Waals surface area (Å²) in [4.78, 5) is 4.08. The number of halogens is 1. The number of nitrogens with two attached hydrogens (primary N) is 1. The molecular formula is C13H16FN3. The summed E-state index contributed by atoms with van der Waals surface area (Å²) >= 11 is 0. The Kier molecular flexibility index (Phi) is 2.75. The Labute approximate surface area is 100 Å². The maximum atomic E-state index is 14.0. The summed E-state index contributed by atoms with van der Waals surface area (Å²) in [5, 5.41) is 0. The minimum atomic E-state index is -0.538. The van der Waals surface area contributed by atoms with Gasteiger partial charge < -0.3 is 10.3 Å². The first-order valence-electron chi connectivity index (χ1n) is 5.49. The molecule has 1 aromatic carbocycles. The molecule has 0 atom stereocenters. The lowest BCUT2D eigenvalue weighted by Gasteiger charge is -2.20. The number of aryl methyl sites for hydroxylation is 1.